The van der Waals surface area contributed by atoms with Crippen molar-refractivity contribution >= 4 is 17.7 Å². The van der Waals surface area contributed by atoms with Gasteiger partial charge in [0.05, 0.1) is 21.3 Å². The highest BCUT2D eigenvalue weighted by Crippen LogP contribution is 2.40. The second-order valence-corrected chi connectivity index (χ2v) is 5.81. The molecule has 0 saturated heterocycles. The Balaban J connectivity index is 1.94. The fourth-order valence-corrected chi connectivity index (χ4v) is 2.64. The van der Waals surface area contributed by atoms with Crippen LogP contribution in [-0.2, 0) is 4.79 Å². The van der Waals surface area contributed by atoms with Crippen LogP contribution in [0.2, 0.25) is 0 Å². The van der Waals surface area contributed by atoms with Crippen LogP contribution in [0.3, 0.4) is 0 Å². The van der Waals surface area contributed by atoms with E-state index >= 15 is 0 Å². The summed E-state index contributed by atoms with van der Waals surface area (Å²) in [6, 6.07) is 13.6. The first-order valence-corrected chi connectivity index (χ1v) is 8.61. The Morgan fingerprint density at radius 1 is 1.00 bits per heavy atom. The van der Waals surface area contributed by atoms with Crippen molar-refractivity contribution in [1.82, 2.24) is 5.32 Å². The van der Waals surface area contributed by atoms with E-state index in [9.17, 15) is 4.79 Å². The van der Waals surface area contributed by atoms with Crippen LogP contribution < -0.4 is 24.4 Å². The van der Waals surface area contributed by atoms with E-state index in [1.54, 1.807) is 33.5 Å². The van der Waals surface area contributed by atoms with Crippen LogP contribution in [0.4, 0.5) is 5.69 Å². The topological polar surface area (TPSA) is 60.0 Å². The van der Waals surface area contributed by atoms with Gasteiger partial charge in [0.1, 0.15) is 0 Å². The number of hydrogen-bond donors (Lipinski definition) is 1. The van der Waals surface area contributed by atoms with Crippen molar-refractivity contribution in [2.75, 3.05) is 46.4 Å². The van der Waals surface area contributed by atoms with E-state index in [1.807, 2.05) is 43.4 Å². The number of benzene rings is 2. The maximum atomic E-state index is 12.1. The molecule has 1 amide bonds. The summed E-state index contributed by atoms with van der Waals surface area (Å²) in [5.74, 6) is 1.41. The molecule has 0 aromatic heterocycles. The molecule has 2 rings (SSSR count). The van der Waals surface area contributed by atoms with Gasteiger partial charge in [0, 0.05) is 37.5 Å². The van der Waals surface area contributed by atoms with Crippen LogP contribution in [0, 0.1) is 0 Å². The van der Waals surface area contributed by atoms with E-state index in [-0.39, 0.29) is 5.91 Å². The number of nitrogens with one attached hydrogen (secondary N) is 1. The first kappa shape index (κ1) is 20.2. The minimum absolute atomic E-state index is 0.173. The average molecular weight is 370 g/mol. The van der Waals surface area contributed by atoms with E-state index in [0.29, 0.717) is 30.3 Å². The standard InChI is InChI=1S/C21H26N2O4/c1-23(17-8-6-5-7-9-17)15-14-22-19(24)13-11-16-10-12-18(25-2)21(27-4)20(16)26-3/h5-13H,14-15H2,1-4H3,(H,22,24)/b13-11+. The van der Waals surface area contributed by atoms with Gasteiger partial charge in [0.25, 0.3) is 0 Å². The monoisotopic (exact) mass is 370 g/mol. The van der Waals surface area contributed by atoms with E-state index < -0.39 is 0 Å². The highest BCUT2D eigenvalue weighted by molar-refractivity contribution is 5.92. The summed E-state index contributed by atoms with van der Waals surface area (Å²) >= 11 is 0. The predicted molar refractivity (Wildman–Crippen MR) is 108 cm³/mol. The molecule has 0 spiro atoms. The first-order valence-electron chi connectivity index (χ1n) is 8.61. The Morgan fingerprint density at radius 3 is 2.33 bits per heavy atom. The van der Waals surface area contributed by atoms with Gasteiger partial charge in [0.2, 0.25) is 11.7 Å². The van der Waals surface area contributed by atoms with E-state index in [4.69, 9.17) is 14.2 Å². The van der Waals surface area contributed by atoms with Crippen LogP contribution in [0.25, 0.3) is 6.08 Å². The van der Waals surface area contributed by atoms with Gasteiger partial charge in [-0.05, 0) is 30.3 Å². The summed E-state index contributed by atoms with van der Waals surface area (Å²) < 4.78 is 16.0. The Morgan fingerprint density at radius 2 is 1.70 bits per heavy atom. The van der Waals surface area contributed by atoms with E-state index in [2.05, 4.69) is 10.2 Å². The number of likely N-dealkylation sites (N-methyl/N-ethyl adjacent to an activating group) is 1. The summed E-state index contributed by atoms with van der Waals surface area (Å²) in [6.45, 7) is 1.25. The Hall–Kier alpha value is -3.15. The highest BCUT2D eigenvalue weighted by Gasteiger charge is 2.14. The van der Waals surface area contributed by atoms with Gasteiger partial charge in [-0.15, -0.1) is 0 Å². The third kappa shape index (κ3) is 5.41. The van der Waals surface area contributed by atoms with Crippen molar-refractivity contribution in [3.05, 3.63) is 54.1 Å². The molecule has 0 aliphatic rings. The molecule has 6 heteroatoms. The Bertz CT molecular complexity index is 775. The number of nitrogens with zero attached hydrogens (tertiary/aromatic N) is 1. The maximum absolute atomic E-state index is 12.1. The fourth-order valence-electron chi connectivity index (χ4n) is 2.64. The molecule has 0 heterocycles. The first-order chi connectivity index (χ1) is 13.1. The molecule has 144 valence electrons. The van der Waals surface area contributed by atoms with Crippen LogP contribution >= 0.6 is 0 Å². The second kappa shape index (κ2) is 10.1. The lowest BCUT2D eigenvalue weighted by atomic mass is 10.1. The van der Waals surface area contributed by atoms with Crippen molar-refractivity contribution in [3.8, 4) is 17.2 Å². The number of methoxy groups -OCH3 is 3. The Labute approximate surface area is 160 Å². The molecular formula is C21H26N2O4. The maximum Gasteiger partial charge on any atom is 0.244 e. The molecular weight excluding hydrogens is 344 g/mol. The number of para-hydroxylation sites is 1. The molecule has 0 atom stereocenters. The van der Waals surface area contributed by atoms with Crippen LogP contribution in [0.1, 0.15) is 5.56 Å². The van der Waals surface area contributed by atoms with Crippen molar-refractivity contribution in [2.45, 2.75) is 0 Å². The quantitative estimate of drug-likeness (QED) is 0.688. The zero-order valence-electron chi connectivity index (χ0n) is 16.2. The van der Waals surface area contributed by atoms with Gasteiger partial charge in [0.15, 0.2) is 11.5 Å². The van der Waals surface area contributed by atoms with Gasteiger partial charge in [-0.25, -0.2) is 0 Å². The van der Waals surface area contributed by atoms with E-state index in [1.165, 1.54) is 6.08 Å². The molecule has 0 unspecified atom stereocenters. The number of anilines is 1. The molecule has 0 bridgehead atoms. The largest absolute Gasteiger partial charge is 0.493 e. The lowest BCUT2D eigenvalue weighted by molar-refractivity contribution is -0.116. The molecule has 1 N–H and O–H groups in total. The van der Waals surface area contributed by atoms with Gasteiger partial charge in [-0.3, -0.25) is 4.79 Å². The summed E-state index contributed by atoms with van der Waals surface area (Å²) in [5, 5.41) is 2.88. The predicted octanol–water partition coefficient (Wildman–Crippen LogP) is 2.98. The smallest absolute Gasteiger partial charge is 0.244 e. The van der Waals surface area contributed by atoms with Crippen LogP contribution in [0.15, 0.2) is 48.5 Å². The molecule has 0 fully saturated rings. The summed E-state index contributed by atoms with van der Waals surface area (Å²) in [6.07, 6.45) is 3.17. The molecule has 2 aromatic carbocycles. The molecule has 0 aliphatic carbocycles. The number of rotatable bonds is 9. The summed E-state index contributed by atoms with van der Waals surface area (Å²) in [5.41, 5.74) is 1.84. The summed E-state index contributed by atoms with van der Waals surface area (Å²) in [4.78, 5) is 14.2. The van der Waals surface area contributed by atoms with Gasteiger partial charge in [-0.1, -0.05) is 18.2 Å². The minimum Gasteiger partial charge on any atom is -0.493 e. The van der Waals surface area contributed by atoms with Crippen molar-refractivity contribution in [3.63, 3.8) is 0 Å². The number of amides is 1. The van der Waals surface area contributed by atoms with Crippen LogP contribution in [0.5, 0.6) is 17.2 Å². The molecule has 2 aromatic rings. The third-order valence-corrected chi connectivity index (χ3v) is 4.09. The molecule has 0 radical (unpaired) electrons. The number of hydrogen-bond acceptors (Lipinski definition) is 5. The number of carbonyl (C=O) groups excluding carboxylic acids is 1. The highest BCUT2D eigenvalue weighted by atomic mass is 16.5. The van der Waals surface area contributed by atoms with Crippen molar-refractivity contribution < 1.29 is 19.0 Å². The molecule has 27 heavy (non-hydrogen) atoms. The molecule has 0 aliphatic heterocycles. The number of ether oxygens (including phenoxy) is 3. The summed E-state index contributed by atoms with van der Waals surface area (Å²) in [7, 11) is 6.65. The zero-order chi connectivity index (χ0) is 19.6. The van der Waals surface area contributed by atoms with Crippen molar-refractivity contribution in [1.29, 1.82) is 0 Å². The fraction of sp³-hybridized carbons (Fsp3) is 0.286. The SMILES string of the molecule is COc1ccc(/C=C/C(=O)NCCN(C)c2ccccc2)c(OC)c1OC. The normalized spacial score (nSPS) is 10.5. The van der Waals surface area contributed by atoms with Crippen LogP contribution in [-0.4, -0.2) is 47.4 Å². The minimum atomic E-state index is -0.173. The molecule has 6 nitrogen and oxygen atoms in total. The Kier molecular flexibility index (Phi) is 7.55. The average Bonchev–Trinajstić information content (AvgIpc) is 2.71. The van der Waals surface area contributed by atoms with E-state index in [0.717, 1.165) is 11.3 Å². The van der Waals surface area contributed by atoms with Gasteiger partial charge >= 0.3 is 0 Å². The third-order valence-electron chi connectivity index (χ3n) is 4.09. The zero-order valence-corrected chi connectivity index (χ0v) is 16.2. The van der Waals surface area contributed by atoms with Gasteiger partial charge in [-0.2, -0.15) is 0 Å². The second-order valence-electron chi connectivity index (χ2n) is 5.81. The lowest BCUT2D eigenvalue weighted by Crippen LogP contribution is -2.31. The van der Waals surface area contributed by atoms with Crippen molar-refractivity contribution in [2.24, 2.45) is 0 Å². The molecule has 0 saturated carbocycles. The lowest BCUT2D eigenvalue weighted by Gasteiger charge is -2.19. The van der Waals surface area contributed by atoms with Gasteiger partial charge < -0.3 is 24.4 Å². The number of carbonyl (C=O) groups is 1.